The highest BCUT2D eigenvalue weighted by Gasteiger charge is 2.10. The van der Waals surface area contributed by atoms with Crippen LogP contribution in [0, 0.1) is 0 Å². The summed E-state index contributed by atoms with van der Waals surface area (Å²) in [6.45, 7) is 1.01. The minimum atomic E-state index is -0.416. The summed E-state index contributed by atoms with van der Waals surface area (Å²) in [5.41, 5.74) is 7.49. The number of hydrogen-bond acceptors (Lipinski definition) is 5. The topological polar surface area (TPSA) is 111 Å². The van der Waals surface area contributed by atoms with E-state index >= 15 is 0 Å². The number of nitrogens with one attached hydrogen (secondary N) is 1. The Bertz CT molecular complexity index is 450. The molecule has 0 spiro atoms. The summed E-state index contributed by atoms with van der Waals surface area (Å²) < 4.78 is 5.50. The molecule has 0 aliphatic heterocycles. The number of nitrogen functional groups attached to an aromatic ring is 1. The molecule has 1 aromatic rings. The first-order valence-electron chi connectivity index (χ1n) is 5.74. The predicted octanol–water partition coefficient (Wildman–Crippen LogP) is -0.914. The SMILES string of the molecule is CN(CCOc1ccccc1C(=O)NN)CC(N)=O. The van der Waals surface area contributed by atoms with Crippen LogP contribution < -0.4 is 21.7 Å². The van der Waals surface area contributed by atoms with E-state index in [-0.39, 0.29) is 6.54 Å². The van der Waals surface area contributed by atoms with E-state index < -0.39 is 11.8 Å². The van der Waals surface area contributed by atoms with Gasteiger partial charge < -0.3 is 10.5 Å². The molecule has 0 heterocycles. The number of nitrogens with two attached hydrogens (primary N) is 2. The minimum absolute atomic E-state index is 0.161. The number of para-hydroxylation sites is 1. The average Bonchev–Trinajstić information content (AvgIpc) is 2.37. The van der Waals surface area contributed by atoms with Gasteiger partial charge in [0.05, 0.1) is 12.1 Å². The fourth-order valence-corrected chi connectivity index (χ4v) is 1.51. The molecular formula is C12H18N4O3. The largest absolute Gasteiger partial charge is 0.491 e. The summed E-state index contributed by atoms with van der Waals surface area (Å²) in [6.07, 6.45) is 0. The Kier molecular flexibility index (Phi) is 5.77. The Hall–Kier alpha value is -2.12. The van der Waals surface area contributed by atoms with Crippen molar-refractivity contribution in [2.24, 2.45) is 11.6 Å². The Balaban J connectivity index is 2.54. The Labute approximate surface area is 111 Å². The fraction of sp³-hybridized carbons (Fsp3) is 0.333. The lowest BCUT2D eigenvalue weighted by molar-refractivity contribution is -0.118. The van der Waals surface area contributed by atoms with Crippen molar-refractivity contribution >= 4 is 11.8 Å². The molecule has 7 heteroatoms. The maximum absolute atomic E-state index is 11.5. The number of carbonyl (C=O) groups is 2. The molecule has 5 N–H and O–H groups in total. The van der Waals surface area contributed by atoms with Crippen molar-refractivity contribution in [1.29, 1.82) is 0 Å². The molecule has 19 heavy (non-hydrogen) atoms. The standard InChI is InChI=1S/C12H18N4O3/c1-16(8-11(13)17)6-7-19-10-5-3-2-4-9(10)12(18)15-14/h2-5H,6-8,14H2,1H3,(H2,13,17)(H,15,18). The number of likely N-dealkylation sites (N-methyl/N-ethyl adjacent to an activating group) is 1. The maximum Gasteiger partial charge on any atom is 0.268 e. The molecule has 0 saturated heterocycles. The van der Waals surface area contributed by atoms with E-state index in [9.17, 15) is 9.59 Å². The van der Waals surface area contributed by atoms with Gasteiger partial charge in [0.25, 0.3) is 5.91 Å². The van der Waals surface area contributed by atoms with Gasteiger partial charge in [0.15, 0.2) is 0 Å². The zero-order chi connectivity index (χ0) is 14.3. The molecule has 0 unspecified atom stereocenters. The molecule has 0 saturated carbocycles. The third-order valence-electron chi connectivity index (χ3n) is 2.42. The van der Waals surface area contributed by atoms with Gasteiger partial charge in [-0.3, -0.25) is 19.9 Å². The summed E-state index contributed by atoms with van der Waals surface area (Å²) in [6, 6.07) is 6.77. The smallest absolute Gasteiger partial charge is 0.268 e. The molecule has 0 aliphatic rings. The highest BCUT2D eigenvalue weighted by atomic mass is 16.5. The maximum atomic E-state index is 11.5. The second kappa shape index (κ2) is 7.34. The number of hydrogen-bond donors (Lipinski definition) is 3. The Morgan fingerprint density at radius 3 is 2.68 bits per heavy atom. The first kappa shape index (κ1) is 14.9. The van der Waals surface area contributed by atoms with E-state index in [4.69, 9.17) is 16.3 Å². The van der Waals surface area contributed by atoms with Crippen LogP contribution in [0.1, 0.15) is 10.4 Å². The number of carbonyl (C=O) groups excluding carboxylic acids is 2. The summed E-state index contributed by atoms with van der Waals surface area (Å²) in [7, 11) is 1.76. The number of primary amides is 1. The normalized spacial score (nSPS) is 10.3. The second-order valence-corrected chi connectivity index (χ2v) is 4.02. The van der Waals surface area contributed by atoms with Crippen molar-refractivity contribution in [3.05, 3.63) is 29.8 Å². The summed E-state index contributed by atoms with van der Waals surface area (Å²) >= 11 is 0. The monoisotopic (exact) mass is 266 g/mol. The highest BCUT2D eigenvalue weighted by Crippen LogP contribution is 2.17. The van der Waals surface area contributed by atoms with E-state index in [0.29, 0.717) is 24.5 Å². The number of hydrazine groups is 1. The molecular weight excluding hydrogens is 248 g/mol. The number of benzene rings is 1. The van der Waals surface area contributed by atoms with Gasteiger partial charge in [-0.15, -0.1) is 0 Å². The summed E-state index contributed by atoms with van der Waals surface area (Å²) in [4.78, 5) is 23.9. The van der Waals surface area contributed by atoms with Gasteiger partial charge >= 0.3 is 0 Å². The van der Waals surface area contributed by atoms with Crippen LogP contribution in [0.3, 0.4) is 0 Å². The van der Waals surface area contributed by atoms with Crippen molar-refractivity contribution in [3.63, 3.8) is 0 Å². The van der Waals surface area contributed by atoms with Gasteiger partial charge in [-0.1, -0.05) is 12.1 Å². The van der Waals surface area contributed by atoms with E-state index in [2.05, 4.69) is 5.43 Å². The van der Waals surface area contributed by atoms with E-state index in [1.807, 2.05) is 0 Å². The van der Waals surface area contributed by atoms with Crippen molar-refractivity contribution in [1.82, 2.24) is 10.3 Å². The molecule has 0 atom stereocenters. The third-order valence-corrected chi connectivity index (χ3v) is 2.42. The zero-order valence-electron chi connectivity index (χ0n) is 10.8. The molecule has 0 aliphatic carbocycles. The van der Waals surface area contributed by atoms with Crippen molar-refractivity contribution in [3.8, 4) is 5.75 Å². The van der Waals surface area contributed by atoms with E-state index in [0.717, 1.165) is 0 Å². The van der Waals surface area contributed by atoms with Crippen molar-refractivity contribution < 1.29 is 14.3 Å². The molecule has 2 amide bonds. The van der Waals surface area contributed by atoms with Crippen LogP contribution in [0.4, 0.5) is 0 Å². The van der Waals surface area contributed by atoms with E-state index in [1.54, 1.807) is 36.2 Å². The van der Waals surface area contributed by atoms with Gasteiger partial charge in [-0.25, -0.2) is 5.84 Å². The Morgan fingerprint density at radius 2 is 2.05 bits per heavy atom. The predicted molar refractivity (Wildman–Crippen MR) is 70.3 cm³/mol. The average molecular weight is 266 g/mol. The fourth-order valence-electron chi connectivity index (χ4n) is 1.51. The van der Waals surface area contributed by atoms with E-state index in [1.165, 1.54) is 0 Å². The molecule has 1 rings (SSSR count). The minimum Gasteiger partial charge on any atom is -0.491 e. The molecule has 0 bridgehead atoms. The second-order valence-electron chi connectivity index (χ2n) is 4.02. The molecule has 1 aromatic carbocycles. The van der Waals surface area contributed by atoms with Crippen LogP contribution in [-0.2, 0) is 4.79 Å². The van der Waals surface area contributed by atoms with Crippen LogP contribution in [-0.4, -0.2) is 43.5 Å². The van der Waals surface area contributed by atoms with Gasteiger partial charge in [-0.05, 0) is 19.2 Å². The third kappa shape index (κ3) is 4.94. The number of nitrogens with zero attached hydrogens (tertiary/aromatic N) is 1. The van der Waals surface area contributed by atoms with Gasteiger partial charge in [-0.2, -0.15) is 0 Å². The first-order chi connectivity index (χ1) is 9.04. The van der Waals surface area contributed by atoms with Crippen molar-refractivity contribution in [2.75, 3.05) is 26.7 Å². The van der Waals surface area contributed by atoms with Crippen LogP contribution in [0.2, 0.25) is 0 Å². The molecule has 7 nitrogen and oxygen atoms in total. The molecule has 0 aromatic heterocycles. The number of amides is 2. The molecule has 104 valence electrons. The molecule has 0 fully saturated rings. The van der Waals surface area contributed by atoms with Gasteiger partial charge in [0, 0.05) is 6.54 Å². The number of rotatable bonds is 7. The lowest BCUT2D eigenvalue weighted by Gasteiger charge is -2.16. The quantitative estimate of drug-likeness (QED) is 0.336. The van der Waals surface area contributed by atoms with Crippen LogP contribution >= 0.6 is 0 Å². The van der Waals surface area contributed by atoms with Crippen LogP contribution in [0.5, 0.6) is 5.75 Å². The van der Waals surface area contributed by atoms with Crippen LogP contribution in [0.15, 0.2) is 24.3 Å². The summed E-state index contributed by atoms with van der Waals surface area (Å²) in [5, 5.41) is 0. The van der Waals surface area contributed by atoms with Crippen molar-refractivity contribution in [2.45, 2.75) is 0 Å². The first-order valence-corrected chi connectivity index (χ1v) is 5.74. The van der Waals surface area contributed by atoms with Gasteiger partial charge in [0.2, 0.25) is 5.91 Å². The number of ether oxygens (including phenoxy) is 1. The van der Waals surface area contributed by atoms with Gasteiger partial charge in [0.1, 0.15) is 12.4 Å². The Morgan fingerprint density at radius 1 is 1.37 bits per heavy atom. The summed E-state index contributed by atoms with van der Waals surface area (Å²) in [5.74, 6) is 4.72. The highest BCUT2D eigenvalue weighted by molar-refractivity contribution is 5.96. The molecule has 0 radical (unpaired) electrons. The lowest BCUT2D eigenvalue weighted by atomic mass is 10.2. The lowest BCUT2D eigenvalue weighted by Crippen LogP contribution is -2.33. The zero-order valence-corrected chi connectivity index (χ0v) is 10.8. The van der Waals surface area contributed by atoms with Crippen LogP contribution in [0.25, 0.3) is 0 Å².